The summed E-state index contributed by atoms with van der Waals surface area (Å²) < 4.78 is 0. The maximum absolute atomic E-state index is 12.9. The van der Waals surface area contributed by atoms with E-state index in [-0.39, 0.29) is 24.1 Å². The molecule has 1 unspecified atom stereocenters. The molecule has 2 saturated heterocycles. The van der Waals surface area contributed by atoms with Crippen LogP contribution < -0.4 is 16.0 Å². The van der Waals surface area contributed by atoms with Crippen LogP contribution in [0.3, 0.4) is 0 Å². The summed E-state index contributed by atoms with van der Waals surface area (Å²) >= 11 is 1.59. The van der Waals surface area contributed by atoms with E-state index in [1.807, 2.05) is 18.2 Å². The molecule has 4 heterocycles. The van der Waals surface area contributed by atoms with Crippen molar-refractivity contribution >= 4 is 34.2 Å². The smallest absolute Gasteiger partial charge is 0.255 e. The highest BCUT2D eigenvalue weighted by Crippen LogP contribution is 2.29. The maximum atomic E-state index is 12.9. The number of thiazole rings is 1. The molecule has 156 valence electrons. The van der Waals surface area contributed by atoms with Crippen LogP contribution in [-0.4, -0.2) is 40.2 Å². The molecule has 1 aromatic heterocycles. The van der Waals surface area contributed by atoms with E-state index in [2.05, 4.69) is 26.3 Å². The lowest BCUT2D eigenvalue weighted by Gasteiger charge is -2.29. The van der Waals surface area contributed by atoms with Crippen LogP contribution >= 0.6 is 11.3 Å². The molecule has 3 aliphatic rings. The third-order valence-corrected chi connectivity index (χ3v) is 6.79. The molecule has 2 fully saturated rings. The van der Waals surface area contributed by atoms with Gasteiger partial charge < -0.3 is 15.5 Å². The number of benzene rings is 1. The molecule has 3 N–H and O–H groups in total. The van der Waals surface area contributed by atoms with Crippen molar-refractivity contribution in [3.05, 3.63) is 46.0 Å². The summed E-state index contributed by atoms with van der Waals surface area (Å²) in [6, 6.07) is 5.62. The van der Waals surface area contributed by atoms with E-state index in [1.54, 1.807) is 16.2 Å². The Morgan fingerprint density at radius 2 is 2.13 bits per heavy atom. The quantitative estimate of drug-likeness (QED) is 0.633. The van der Waals surface area contributed by atoms with Crippen LogP contribution in [0.15, 0.2) is 23.6 Å². The third kappa shape index (κ3) is 3.59. The molecule has 3 amide bonds. The summed E-state index contributed by atoms with van der Waals surface area (Å²) in [6.07, 6.45) is 2.95. The van der Waals surface area contributed by atoms with E-state index in [0.29, 0.717) is 31.1 Å². The highest BCUT2D eigenvalue weighted by Gasteiger charge is 2.39. The molecular weight excluding hydrogens is 402 g/mol. The zero-order chi connectivity index (χ0) is 20.7. The van der Waals surface area contributed by atoms with Gasteiger partial charge in [0, 0.05) is 30.5 Å². The number of piperidine rings is 1. The predicted molar refractivity (Wildman–Crippen MR) is 112 cm³/mol. The zero-order valence-electron chi connectivity index (χ0n) is 16.4. The Morgan fingerprint density at radius 3 is 2.93 bits per heavy atom. The predicted octanol–water partition coefficient (Wildman–Crippen LogP) is 1.94. The lowest BCUT2D eigenvalue weighted by Crippen LogP contribution is -2.52. The zero-order valence-corrected chi connectivity index (χ0v) is 17.3. The molecule has 8 nitrogen and oxygen atoms in total. The summed E-state index contributed by atoms with van der Waals surface area (Å²) in [7, 11) is 0. The molecule has 1 aromatic carbocycles. The first-order valence-electron chi connectivity index (χ1n) is 10.3. The minimum Gasteiger partial charge on any atom is -0.357 e. The van der Waals surface area contributed by atoms with Gasteiger partial charge in [0.1, 0.15) is 6.04 Å². The van der Waals surface area contributed by atoms with E-state index in [0.717, 1.165) is 34.9 Å². The normalized spacial score (nSPS) is 23.6. The van der Waals surface area contributed by atoms with Gasteiger partial charge in [0.15, 0.2) is 5.13 Å². The molecule has 0 radical (unpaired) electrons. The molecule has 0 saturated carbocycles. The third-order valence-electron chi connectivity index (χ3n) is 5.98. The van der Waals surface area contributed by atoms with Crippen LogP contribution in [0.25, 0.3) is 0 Å². The number of carbonyl (C=O) groups excluding carboxylic acids is 3. The van der Waals surface area contributed by atoms with Gasteiger partial charge >= 0.3 is 0 Å². The van der Waals surface area contributed by atoms with E-state index >= 15 is 0 Å². The first-order valence-corrected chi connectivity index (χ1v) is 11.2. The number of fused-ring (bicyclic) bond motifs is 1. The molecule has 30 heavy (non-hydrogen) atoms. The number of aromatic nitrogens is 1. The fourth-order valence-electron chi connectivity index (χ4n) is 4.35. The second-order valence-electron chi connectivity index (χ2n) is 7.97. The van der Waals surface area contributed by atoms with Crippen molar-refractivity contribution in [3.8, 4) is 0 Å². The number of nitrogens with zero attached hydrogens (tertiary/aromatic N) is 2. The van der Waals surface area contributed by atoms with Gasteiger partial charge in [-0.25, -0.2) is 4.98 Å². The molecular formula is C21H23N5O3S. The maximum Gasteiger partial charge on any atom is 0.255 e. The van der Waals surface area contributed by atoms with Crippen molar-refractivity contribution in [2.24, 2.45) is 0 Å². The summed E-state index contributed by atoms with van der Waals surface area (Å²) in [5.74, 6) is -0.807. The van der Waals surface area contributed by atoms with Gasteiger partial charge in [-0.2, -0.15) is 0 Å². The van der Waals surface area contributed by atoms with Crippen LogP contribution in [0, 0.1) is 0 Å². The van der Waals surface area contributed by atoms with Crippen LogP contribution in [0.1, 0.15) is 58.9 Å². The van der Waals surface area contributed by atoms with Crippen molar-refractivity contribution in [2.45, 2.75) is 50.9 Å². The van der Waals surface area contributed by atoms with Gasteiger partial charge in [0.2, 0.25) is 11.8 Å². The van der Waals surface area contributed by atoms with Crippen LogP contribution in [0.4, 0.5) is 5.13 Å². The van der Waals surface area contributed by atoms with Gasteiger partial charge in [-0.05, 0) is 43.0 Å². The fourth-order valence-corrected chi connectivity index (χ4v) is 5.12. The molecule has 0 bridgehead atoms. The molecule has 2 atom stereocenters. The number of amides is 3. The highest BCUT2D eigenvalue weighted by atomic mass is 32.1. The number of hydrogen-bond donors (Lipinski definition) is 3. The molecule has 2 aromatic rings. The van der Waals surface area contributed by atoms with E-state index < -0.39 is 6.04 Å². The van der Waals surface area contributed by atoms with E-state index in [9.17, 15) is 14.4 Å². The molecule has 5 rings (SSSR count). The molecule has 0 spiro atoms. The van der Waals surface area contributed by atoms with Crippen molar-refractivity contribution in [3.63, 3.8) is 0 Å². The molecule has 9 heteroatoms. The summed E-state index contributed by atoms with van der Waals surface area (Å²) in [4.78, 5) is 42.7. The largest absolute Gasteiger partial charge is 0.357 e. The van der Waals surface area contributed by atoms with E-state index in [4.69, 9.17) is 0 Å². The fraction of sp³-hybridized carbons (Fsp3) is 0.429. The standard InChI is InChI=1S/C21H23N5O3S/c27-18-6-5-17(19(28)25-18)26-10-13-4-3-12(8-14(13)20(26)29)9-23-21-24-16(11-30-21)15-2-1-7-22-15/h3-4,8,11,15,17,22H,1-2,5-7,9-10H2,(H,23,24)(H,25,27,28)/t15-,17?/m1/s1. The number of carbonyl (C=O) groups is 3. The van der Waals surface area contributed by atoms with Crippen LogP contribution in [0.2, 0.25) is 0 Å². The summed E-state index contributed by atoms with van der Waals surface area (Å²) in [6.45, 7) is 2.02. The Kier molecular flexibility index (Phi) is 5.00. The van der Waals surface area contributed by atoms with Crippen LogP contribution in [0.5, 0.6) is 0 Å². The lowest BCUT2D eigenvalue weighted by atomic mass is 10.0. The van der Waals surface area contributed by atoms with Crippen LogP contribution in [-0.2, 0) is 22.7 Å². The number of rotatable bonds is 5. The van der Waals surface area contributed by atoms with Gasteiger partial charge in [0.25, 0.3) is 5.91 Å². The first-order chi connectivity index (χ1) is 14.6. The average molecular weight is 426 g/mol. The van der Waals surface area contributed by atoms with Crippen molar-refractivity contribution < 1.29 is 14.4 Å². The highest BCUT2D eigenvalue weighted by molar-refractivity contribution is 7.13. The minimum absolute atomic E-state index is 0.148. The number of anilines is 1. The Morgan fingerprint density at radius 1 is 1.23 bits per heavy atom. The van der Waals surface area contributed by atoms with Gasteiger partial charge in [0.05, 0.1) is 11.7 Å². The second kappa shape index (κ2) is 7.81. The summed E-state index contributed by atoms with van der Waals surface area (Å²) in [5.41, 5.74) is 3.62. The first kappa shape index (κ1) is 19.2. The minimum atomic E-state index is -0.581. The topological polar surface area (TPSA) is 103 Å². The molecule has 3 aliphatic heterocycles. The second-order valence-corrected chi connectivity index (χ2v) is 8.83. The van der Waals surface area contributed by atoms with Gasteiger partial charge in [-0.1, -0.05) is 12.1 Å². The summed E-state index contributed by atoms with van der Waals surface area (Å²) in [5, 5.41) is 12.1. The van der Waals surface area contributed by atoms with E-state index in [1.165, 1.54) is 6.42 Å². The Balaban J connectivity index is 1.25. The number of imide groups is 1. The Hall–Kier alpha value is -2.78. The van der Waals surface area contributed by atoms with Gasteiger partial charge in [-0.3, -0.25) is 19.7 Å². The Labute approximate surface area is 178 Å². The van der Waals surface area contributed by atoms with Crippen molar-refractivity contribution in [1.29, 1.82) is 0 Å². The van der Waals surface area contributed by atoms with Gasteiger partial charge in [-0.15, -0.1) is 11.3 Å². The monoisotopic (exact) mass is 425 g/mol. The average Bonchev–Trinajstić information content (AvgIpc) is 3.47. The lowest BCUT2D eigenvalue weighted by molar-refractivity contribution is -0.136. The number of hydrogen-bond acceptors (Lipinski definition) is 7. The van der Waals surface area contributed by atoms with Crippen molar-refractivity contribution in [2.75, 3.05) is 11.9 Å². The van der Waals surface area contributed by atoms with Crippen molar-refractivity contribution in [1.82, 2.24) is 20.5 Å². The Bertz CT molecular complexity index is 1010. The SMILES string of the molecule is O=C1CCC(N2Cc3ccc(CNc4nc([C@H]5CCCN5)cs4)cc3C2=O)C(=O)N1. The number of nitrogens with one attached hydrogen (secondary N) is 3. The molecule has 0 aliphatic carbocycles.